The maximum absolute atomic E-state index is 11.9. The van der Waals surface area contributed by atoms with Crippen LogP contribution < -0.4 is 10.1 Å². The molecule has 0 saturated heterocycles. The number of nitrogens with zero attached hydrogens (tertiary/aromatic N) is 1. The van der Waals surface area contributed by atoms with Gasteiger partial charge in [0.05, 0.1) is 13.2 Å². The van der Waals surface area contributed by atoms with Gasteiger partial charge in [-0.3, -0.25) is 4.79 Å². The lowest BCUT2D eigenvalue weighted by atomic mass is 10.1. The number of nitrogens with one attached hydrogen (secondary N) is 1. The van der Waals surface area contributed by atoms with Crippen molar-refractivity contribution in [3.8, 4) is 5.75 Å². The van der Waals surface area contributed by atoms with Crippen LogP contribution in [0.15, 0.2) is 24.3 Å². The lowest BCUT2D eigenvalue weighted by Gasteiger charge is -2.25. The van der Waals surface area contributed by atoms with E-state index < -0.39 is 0 Å². The van der Waals surface area contributed by atoms with Gasteiger partial charge in [-0.1, -0.05) is 12.1 Å². The van der Waals surface area contributed by atoms with Crippen molar-refractivity contribution in [2.75, 3.05) is 27.7 Å². The zero-order valence-electron chi connectivity index (χ0n) is 11.6. The lowest BCUT2D eigenvalue weighted by Crippen LogP contribution is -2.31. The minimum Gasteiger partial charge on any atom is -0.497 e. The Labute approximate surface area is 109 Å². The Balaban J connectivity index is 2.66. The fourth-order valence-corrected chi connectivity index (χ4v) is 1.73. The summed E-state index contributed by atoms with van der Waals surface area (Å²) in [6.07, 6.45) is 0.521. The quantitative estimate of drug-likeness (QED) is 0.837. The second-order valence-electron chi connectivity index (χ2n) is 4.31. The number of amides is 1. The van der Waals surface area contributed by atoms with Gasteiger partial charge in [0.2, 0.25) is 5.91 Å². The summed E-state index contributed by atoms with van der Waals surface area (Å²) >= 11 is 0. The summed E-state index contributed by atoms with van der Waals surface area (Å²) in [4.78, 5) is 13.7. The first-order valence-corrected chi connectivity index (χ1v) is 6.14. The summed E-state index contributed by atoms with van der Waals surface area (Å²) in [5, 5.41) is 2.98. The minimum absolute atomic E-state index is 0.0697. The van der Waals surface area contributed by atoms with Gasteiger partial charge in [0, 0.05) is 20.0 Å². The van der Waals surface area contributed by atoms with Crippen LogP contribution in [-0.2, 0) is 4.79 Å². The highest BCUT2D eigenvalue weighted by Crippen LogP contribution is 2.21. The molecule has 1 unspecified atom stereocenters. The van der Waals surface area contributed by atoms with Crippen molar-refractivity contribution in [1.29, 1.82) is 0 Å². The first-order chi connectivity index (χ1) is 8.60. The third kappa shape index (κ3) is 3.74. The number of carbonyl (C=O) groups is 1. The standard InChI is InChI=1S/C14H22N2O2/c1-11(16(3)14(17)9-10-15-2)12-5-7-13(18-4)8-6-12/h5-8,11,15H,9-10H2,1-4H3. The van der Waals surface area contributed by atoms with Gasteiger partial charge in [-0.25, -0.2) is 0 Å². The first-order valence-electron chi connectivity index (χ1n) is 6.14. The van der Waals surface area contributed by atoms with E-state index in [0.29, 0.717) is 13.0 Å². The predicted octanol–water partition coefficient (Wildman–Crippen LogP) is 1.82. The van der Waals surface area contributed by atoms with Crippen LogP contribution in [0.5, 0.6) is 5.75 Å². The average Bonchev–Trinajstić information content (AvgIpc) is 2.43. The van der Waals surface area contributed by atoms with E-state index in [0.717, 1.165) is 11.3 Å². The molecule has 0 aliphatic rings. The van der Waals surface area contributed by atoms with E-state index in [9.17, 15) is 4.79 Å². The molecule has 0 aromatic heterocycles. The van der Waals surface area contributed by atoms with Crippen LogP contribution in [0.2, 0.25) is 0 Å². The van der Waals surface area contributed by atoms with Crippen LogP contribution in [0.4, 0.5) is 0 Å². The molecule has 100 valence electrons. The topological polar surface area (TPSA) is 41.6 Å². The van der Waals surface area contributed by atoms with E-state index in [1.807, 2.05) is 45.3 Å². The third-order valence-electron chi connectivity index (χ3n) is 3.16. The van der Waals surface area contributed by atoms with Gasteiger partial charge in [0.25, 0.3) is 0 Å². The van der Waals surface area contributed by atoms with Crippen molar-refractivity contribution in [3.63, 3.8) is 0 Å². The van der Waals surface area contributed by atoms with Gasteiger partial charge in [-0.15, -0.1) is 0 Å². The molecule has 1 aromatic rings. The minimum atomic E-state index is 0.0697. The average molecular weight is 250 g/mol. The number of ether oxygens (including phenoxy) is 1. The van der Waals surface area contributed by atoms with E-state index in [1.54, 1.807) is 12.0 Å². The molecular formula is C14H22N2O2. The zero-order chi connectivity index (χ0) is 13.5. The molecule has 1 amide bonds. The Morgan fingerprint density at radius 2 is 2.00 bits per heavy atom. The Bertz CT molecular complexity index is 376. The van der Waals surface area contributed by atoms with E-state index >= 15 is 0 Å². The monoisotopic (exact) mass is 250 g/mol. The summed E-state index contributed by atoms with van der Waals surface area (Å²) in [7, 11) is 5.33. The number of hydrogen-bond acceptors (Lipinski definition) is 3. The Kier molecular flexibility index (Phi) is 5.65. The number of carbonyl (C=O) groups excluding carboxylic acids is 1. The van der Waals surface area contributed by atoms with Crippen LogP contribution in [0, 0.1) is 0 Å². The van der Waals surface area contributed by atoms with Crippen molar-refractivity contribution in [1.82, 2.24) is 10.2 Å². The van der Waals surface area contributed by atoms with Crippen LogP contribution >= 0.6 is 0 Å². The zero-order valence-corrected chi connectivity index (χ0v) is 11.6. The molecule has 1 atom stereocenters. The van der Waals surface area contributed by atoms with E-state index in [-0.39, 0.29) is 11.9 Å². The van der Waals surface area contributed by atoms with E-state index in [2.05, 4.69) is 5.32 Å². The van der Waals surface area contributed by atoms with Crippen LogP contribution in [-0.4, -0.2) is 38.6 Å². The maximum Gasteiger partial charge on any atom is 0.224 e. The Morgan fingerprint density at radius 1 is 1.39 bits per heavy atom. The molecule has 1 N–H and O–H groups in total. The summed E-state index contributed by atoms with van der Waals surface area (Å²) in [5.74, 6) is 0.975. The van der Waals surface area contributed by atoms with Gasteiger partial charge in [-0.05, 0) is 31.7 Å². The van der Waals surface area contributed by atoms with Crippen LogP contribution in [0.25, 0.3) is 0 Å². The molecular weight excluding hydrogens is 228 g/mol. The molecule has 0 heterocycles. The fraction of sp³-hybridized carbons (Fsp3) is 0.500. The lowest BCUT2D eigenvalue weighted by molar-refractivity contribution is -0.131. The van der Waals surface area contributed by atoms with Gasteiger partial charge in [0.1, 0.15) is 5.75 Å². The van der Waals surface area contributed by atoms with Crippen molar-refractivity contribution in [3.05, 3.63) is 29.8 Å². The number of rotatable bonds is 6. The van der Waals surface area contributed by atoms with Crippen molar-refractivity contribution < 1.29 is 9.53 Å². The Morgan fingerprint density at radius 3 is 2.50 bits per heavy atom. The molecule has 4 nitrogen and oxygen atoms in total. The molecule has 0 fully saturated rings. The maximum atomic E-state index is 11.9. The number of hydrogen-bond donors (Lipinski definition) is 1. The fourth-order valence-electron chi connectivity index (χ4n) is 1.73. The highest BCUT2D eigenvalue weighted by Gasteiger charge is 2.16. The third-order valence-corrected chi connectivity index (χ3v) is 3.16. The highest BCUT2D eigenvalue weighted by molar-refractivity contribution is 5.76. The highest BCUT2D eigenvalue weighted by atomic mass is 16.5. The molecule has 0 bridgehead atoms. The molecule has 0 aliphatic heterocycles. The van der Waals surface area contributed by atoms with Crippen molar-refractivity contribution in [2.45, 2.75) is 19.4 Å². The predicted molar refractivity (Wildman–Crippen MR) is 72.7 cm³/mol. The van der Waals surface area contributed by atoms with E-state index in [4.69, 9.17) is 4.74 Å². The molecule has 4 heteroatoms. The molecule has 1 aromatic carbocycles. The summed E-state index contributed by atoms with van der Waals surface area (Å²) < 4.78 is 5.12. The molecule has 0 radical (unpaired) electrons. The summed E-state index contributed by atoms with van der Waals surface area (Å²) in [6.45, 7) is 2.73. The summed E-state index contributed by atoms with van der Waals surface area (Å²) in [6, 6.07) is 7.88. The van der Waals surface area contributed by atoms with Gasteiger partial charge >= 0.3 is 0 Å². The van der Waals surface area contributed by atoms with E-state index in [1.165, 1.54) is 0 Å². The summed E-state index contributed by atoms with van der Waals surface area (Å²) in [5.41, 5.74) is 1.11. The van der Waals surface area contributed by atoms with Gasteiger partial charge < -0.3 is 15.0 Å². The molecule has 0 aliphatic carbocycles. The first kappa shape index (κ1) is 14.5. The molecule has 0 saturated carbocycles. The smallest absolute Gasteiger partial charge is 0.224 e. The van der Waals surface area contributed by atoms with Crippen molar-refractivity contribution in [2.24, 2.45) is 0 Å². The molecule has 18 heavy (non-hydrogen) atoms. The second-order valence-corrected chi connectivity index (χ2v) is 4.31. The van der Waals surface area contributed by atoms with Crippen LogP contribution in [0.1, 0.15) is 24.9 Å². The second kappa shape index (κ2) is 7.01. The molecule has 0 spiro atoms. The van der Waals surface area contributed by atoms with Gasteiger partial charge in [-0.2, -0.15) is 0 Å². The normalized spacial score (nSPS) is 12.0. The molecule has 1 rings (SSSR count). The number of benzene rings is 1. The van der Waals surface area contributed by atoms with Crippen LogP contribution in [0.3, 0.4) is 0 Å². The van der Waals surface area contributed by atoms with Crippen molar-refractivity contribution >= 4 is 5.91 Å². The SMILES string of the molecule is CNCCC(=O)N(C)C(C)c1ccc(OC)cc1. The number of methoxy groups -OCH3 is 1. The largest absolute Gasteiger partial charge is 0.497 e. The van der Waals surface area contributed by atoms with Gasteiger partial charge in [0.15, 0.2) is 0 Å². The Hall–Kier alpha value is -1.55.